The number of aromatic nitrogens is 1. The minimum Gasteiger partial charge on any atom is -0.347 e. The molecule has 88 valence electrons. The molecular formula is C13H15N3O. The van der Waals surface area contributed by atoms with Crippen LogP contribution < -0.4 is 11.1 Å². The van der Waals surface area contributed by atoms with Gasteiger partial charge in [-0.2, -0.15) is 0 Å². The lowest BCUT2D eigenvalue weighted by molar-refractivity contribution is 0.0938. The van der Waals surface area contributed by atoms with Gasteiger partial charge in [0.15, 0.2) is 0 Å². The molecule has 0 aliphatic rings. The maximum absolute atomic E-state index is 12.0. The number of carbonyl (C=O) groups excluding carboxylic acids is 1. The Morgan fingerprint density at radius 1 is 1.41 bits per heavy atom. The molecule has 0 fully saturated rings. The average molecular weight is 229 g/mol. The molecule has 1 atom stereocenters. The number of nitrogens with one attached hydrogen (secondary N) is 1. The van der Waals surface area contributed by atoms with Crippen LogP contribution >= 0.6 is 0 Å². The highest BCUT2D eigenvalue weighted by Gasteiger charge is 2.12. The van der Waals surface area contributed by atoms with Crippen LogP contribution in [0.25, 0.3) is 10.8 Å². The van der Waals surface area contributed by atoms with E-state index in [0.717, 1.165) is 10.8 Å². The molecule has 0 spiro atoms. The topological polar surface area (TPSA) is 68.0 Å². The fourth-order valence-corrected chi connectivity index (χ4v) is 1.65. The van der Waals surface area contributed by atoms with Crippen LogP contribution in [0.5, 0.6) is 0 Å². The molecule has 4 nitrogen and oxygen atoms in total. The molecule has 3 N–H and O–H groups in total. The highest BCUT2D eigenvalue weighted by atomic mass is 16.1. The van der Waals surface area contributed by atoms with Gasteiger partial charge in [0.1, 0.15) is 5.69 Å². The van der Waals surface area contributed by atoms with E-state index in [-0.39, 0.29) is 11.9 Å². The SMILES string of the molecule is C[C@H](CN)NC(=O)c1nccc2ccccc12. The molecule has 0 saturated carbocycles. The number of hydrogen-bond acceptors (Lipinski definition) is 3. The minimum atomic E-state index is -0.181. The van der Waals surface area contributed by atoms with Crippen LogP contribution in [0.4, 0.5) is 0 Å². The number of pyridine rings is 1. The minimum absolute atomic E-state index is 0.0525. The lowest BCUT2D eigenvalue weighted by Gasteiger charge is -2.11. The normalized spacial score (nSPS) is 12.4. The molecule has 0 aliphatic carbocycles. The van der Waals surface area contributed by atoms with Gasteiger partial charge in [-0.3, -0.25) is 9.78 Å². The fourth-order valence-electron chi connectivity index (χ4n) is 1.65. The Bertz CT molecular complexity index is 534. The van der Waals surface area contributed by atoms with Crippen molar-refractivity contribution in [1.82, 2.24) is 10.3 Å². The van der Waals surface area contributed by atoms with E-state index in [0.29, 0.717) is 12.2 Å². The summed E-state index contributed by atoms with van der Waals surface area (Å²) in [6.07, 6.45) is 1.64. The zero-order chi connectivity index (χ0) is 12.3. The molecule has 0 aliphatic heterocycles. The van der Waals surface area contributed by atoms with Crippen molar-refractivity contribution < 1.29 is 4.79 Å². The predicted molar refractivity (Wildman–Crippen MR) is 67.7 cm³/mol. The summed E-state index contributed by atoms with van der Waals surface area (Å²) >= 11 is 0. The Morgan fingerprint density at radius 2 is 2.18 bits per heavy atom. The Morgan fingerprint density at radius 3 is 2.94 bits per heavy atom. The summed E-state index contributed by atoms with van der Waals surface area (Å²) in [5, 5.41) is 4.68. The number of fused-ring (bicyclic) bond motifs is 1. The highest BCUT2D eigenvalue weighted by Crippen LogP contribution is 2.16. The summed E-state index contributed by atoms with van der Waals surface area (Å²) in [5.74, 6) is -0.181. The zero-order valence-corrected chi connectivity index (χ0v) is 9.68. The quantitative estimate of drug-likeness (QED) is 0.833. The Labute approximate surface area is 99.8 Å². The number of benzene rings is 1. The molecule has 1 aromatic heterocycles. The van der Waals surface area contributed by atoms with Gasteiger partial charge in [-0.15, -0.1) is 0 Å². The van der Waals surface area contributed by atoms with E-state index in [1.165, 1.54) is 0 Å². The van der Waals surface area contributed by atoms with Crippen LogP contribution in [0.2, 0.25) is 0 Å². The number of rotatable bonds is 3. The van der Waals surface area contributed by atoms with Crippen LogP contribution in [-0.2, 0) is 0 Å². The molecule has 0 saturated heterocycles. The average Bonchev–Trinajstić information content (AvgIpc) is 2.37. The van der Waals surface area contributed by atoms with Crippen molar-refractivity contribution in [3.63, 3.8) is 0 Å². The largest absolute Gasteiger partial charge is 0.347 e. The molecule has 1 aromatic carbocycles. The van der Waals surface area contributed by atoms with Crippen molar-refractivity contribution in [1.29, 1.82) is 0 Å². The van der Waals surface area contributed by atoms with Crippen molar-refractivity contribution in [2.24, 2.45) is 5.73 Å². The zero-order valence-electron chi connectivity index (χ0n) is 9.68. The van der Waals surface area contributed by atoms with Crippen molar-refractivity contribution in [2.45, 2.75) is 13.0 Å². The fraction of sp³-hybridized carbons (Fsp3) is 0.231. The first-order valence-corrected chi connectivity index (χ1v) is 5.57. The number of nitrogens with zero attached hydrogens (tertiary/aromatic N) is 1. The molecule has 1 heterocycles. The first-order chi connectivity index (χ1) is 8.22. The monoisotopic (exact) mass is 229 g/mol. The van der Waals surface area contributed by atoms with Gasteiger partial charge in [-0.05, 0) is 18.4 Å². The number of amides is 1. The number of hydrogen-bond donors (Lipinski definition) is 2. The second kappa shape index (κ2) is 4.93. The molecule has 2 aromatic rings. The molecule has 4 heteroatoms. The third kappa shape index (κ3) is 2.42. The maximum Gasteiger partial charge on any atom is 0.270 e. The van der Waals surface area contributed by atoms with Gasteiger partial charge < -0.3 is 11.1 Å². The Balaban J connectivity index is 2.38. The summed E-state index contributed by atoms with van der Waals surface area (Å²) in [6.45, 7) is 2.28. The standard InChI is InChI=1S/C13H15N3O/c1-9(8-14)16-13(17)12-11-5-3-2-4-10(11)6-7-15-12/h2-7,9H,8,14H2,1H3,(H,16,17)/t9-/m1/s1. The van der Waals surface area contributed by atoms with Crippen molar-refractivity contribution in [2.75, 3.05) is 6.54 Å². The Hall–Kier alpha value is -1.94. The molecule has 2 rings (SSSR count). The predicted octanol–water partition coefficient (Wildman–Crippen LogP) is 1.31. The first kappa shape index (κ1) is 11.5. The second-order valence-corrected chi connectivity index (χ2v) is 3.99. The van der Waals surface area contributed by atoms with Crippen LogP contribution in [0.3, 0.4) is 0 Å². The van der Waals surface area contributed by atoms with E-state index < -0.39 is 0 Å². The lowest BCUT2D eigenvalue weighted by atomic mass is 10.1. The van der Waals surface area contributed by atoms with Crippen LogP contribution in [-0.4, -0.2) is 23.5 Å². The van der Waals surface area contributed by atoms with E-state index >= 15 is 0 Å². The van der Waals surface area contributed by atoms with E-state index in [9.17, 15) is 4.79 Å². The summed E-state index contributed by atoms with van der Waals surface area (Å²) in [5.41, 5.74) is 5.92. The molecule has 17 heavy (non-hydrogen) atoms. The summed E-state index contributed by atoms with van der Waals surface area (Å²) < 4.78 is 0. The molecule has 0 unspecified atom stereocenters. The number of nitrogens with two attached hydrogens (primary N) is 1. The molecule has 0 bridgehead atoms. The maximum atomic E-state index is 12.0. The van der Waals surface area contributed by atoms with Gasteiger partial charge in [0.25, 0.3) is 5.91 Å². The Kier molecular flexibility index (Phi) is 3.35. The van der Waals surface area contributed by atoms with E-state index in [1.54, 1.807) is 6.20 Å². The third-order valence-corrected chi connectivity index (χ3v) is 2.62. The van der Waals surface area contributed by atoms with E-state index in [4.69, 9.17) is 5.73 Å². The first-order valence-electron chi connectivity index (χ1n) is 5.57. The third-order valence-electron chi connectivity index (χ3n) is 2.62. The second-order valence-electron chi connectivity index (χ2n) is 3.99. The lowest BCUT2D eigenvalue weighted by Crippen LogP contribution is -2.38. The van der Waals surface area contributed by atoms with Crippen molar-refractivity contribution >= 4 is 16.7 Å². The van der Waals surface area contributed by atoms with Crippen LogP contribution in [0.1, 0.15) is 17.4 Å². The van der Waals surface area contributed by atoms with Gasteiger partial charge >= 0.3 is 0 Å². The van der Waals surface area contributed by atoms with Crippen molar-refractivity contribution in [3.8, 4) is 0 Å². The van der Waals surface area contributed by atoms with E-state index in [2.05, 4.69) is 10.3 Å². The highest BCUT2D eigenvalue weighted by molar-refractivity contribution is 6.05. The number of carbonyl (C=O) groups is 1. The smallest absolute Gasteiger partial charge is 0.270 e. The summed E-state index contributed by atoms with van der Waals surface area (Å²) in [4.78, 5) is 16.1. The van der Waals surface area contributed by atoms with E-state index in [1.807, 2.05) is 37.3 Å². The molecular weight excluding hydrogens is 214 g/mol. The van der Waals surface area contributed by atoms with Gasteiger partial charge in [-0.1, -0.05) is 24.3 Å². The molecule has 0 radical (unpaired) electrons. The van der Waals surface area contributed by atoms with Crippen LogP contribution in [0, 0.1) is 0 Å². The van der Waals surface area contributed by atoms with Gasteiger partial charge in [-0.25, -0.2) is 0 Å². The summed E-state index contributed by atoms with van der Waals surface area (Å²) in [7, 11) is 0. The van der Waals surface area contributed by atoms with Gasteiger partial charge in [0.2, 0.25) is 0 Å². The summed E-state index contributed by atoms with van der Waals surface area (Å²) in [6, 6.07) is 9.52. The van der Waals surface area contributed by atoms with Crippen LogP contribution in [0.15, 0.2) is 36.5 Å². The van der Waals surface area contributed by atoms with Crippen molar-refractivity contribution in [3.05, 3.63) is 42.2 Å². The molecule has 1 amide bonds. The van der Waals surface area contributed by atoms with Gasteiger partial charge in [0, 0.05) is 24.2 Å². The van der Waals surface area contributed by atoms with Gasteiger partial charge in [0.05, 0.1) is 0 Å².